The monoisotopic (exact) mass is 302 g/mol. The first kappa shape index (κ1) is 16.5. The van der Waals surface area contributed by atoms with Crippen molar-refractivity contribution in [1.29, 1.82) is 0 Å². The fourth-order valence-corrected chi connectivity index (χ4v) is 2.43. The van der Waals surface area contributed by atoms with Crippen LogP contribution in [0.3, 0.4) is 0 Å². The van der Waals surface area contributed by atoms with E-state index < -0.39 is 6.04 Å². The van der Waals surface area contributed by atoms with E-state index in [1.165, 1.54) is 0 Å². The van der Waals surface area contributed by atoms with Gasteiger partial charge in [-0.25, -0.2) is 4.98 Å². The van der Waals surface area contributed by atoms with Crippen LogP contribution in [-0.2, 0) is 11.3 Å². The summed E-state index contributed by atoms with van der Waals surface area (Å²) in [5, 5.41) is 2.92. The molecule has 1 amide bonds. The van der Waals surface area contributed by atoms with Gasteiger partial charge in [-0.3, -0.25) is 4.79 Å². The van der Waals surface area contributed by atoms with Crippen molar-refractivity contribution in [3.05, 3.63) is 30.1 Å². The van der Waals surface area contributed by atoms with Crippen molar-refractivity contribution in [1.82, 2.24) is 14.9 Å². The van der Waals surface area contributed by atoms with Crippen molar-refractivity contribution >= 4 is 16.9 Å². The third-order valence-electron chi connectivity index (χ3n) is 3.92. The number of benzene rings is 1. The highest BCUT2D eigenvalue weighted by atomic mass is 16.2. The fraction of sp³-hybridized carbons (Fsp3) is 0.529. The van der Waals surface area contributed by atoms with Crippen LogP contribution in [0.2, 0.25) is 0 Å². The third-order valence-corrected chi connectivity index (χ3v) is 3.92. The van der Waals surface area contributed by atoms with Crippen LogP contribution >= 0.6 is 0 Å². The summed E-state index contributed by atoms with van der Waals surface area (Å²) < 4.78 is 2.19. The standard InChI is InChI=1S/C17H26N4O/c1-12-20-13-8-5-6-9-14(13)21(12)11-7-10-19-16(22)15(18)17(2,3)4/h5-6,8-9,15H,7,10-11,18H2,1-4H3,(H,19,22)/t15-/m1/s1. The molecule has 2 aromatic rings. The number of hydrogen-bond donors (Lipinski definition) is 2. The molecule has 22 heavy (non-hydrogen) atoms. The van der Waals surface area contributed by atoms with Gasteiger partial charge < -0.3 is 15.6 Å². The molecule has 1 heterocycles. The quantitative estimate of drug-likeness (QED) is 0.832. The lowest BCUT2D eigenvalue weighted by Crippen LogP contribution is -2.48. The minimum atomic E-state index is -0.483. The largest absolute Gasteiger partial charge is 0.355 e. The third kappa shape index (κ3) is 3.65. The Balaban J connectivity index is 1.89. The number of carbonyl (C=O) groups is 1. The van der Waals surface area contributed by atoms with Crippen molar-refractivity contribution in [2.75, 3.05) is 6.54 Å². The van der Waals surface area contributed by atoms with Crippen molar-refractivity contribution in [2.24, 2.45) is 11.1 Å². The summed E-state index contributed by atoms with van der Waals surface area (Å²) in [4.78, 5) is 16.5. The van der Waals surface area contributed by atoms with Gasteiger partial charge in [0.2, 0.25) is 5.91 Å². The molecule has 0 radical (unpaired) electrons. The first-order valence-electron chi connectivity index (χ1n) is 7.76. The SMILES string of the molecule is Cc1nc2ccccc2n1CCCNC(=O)[C@@H](N)C(C)(C)C. The van der Waals surface area contributed by atoms with Gasteiger partial charge in [-0.15, -0.1) is 0 Å². The molecule has 1 atom stereocenters. The van der Waals surface area contributed by atoms with Gasteiger partial charge in [0, 0.05) is 13.1 Å². The number of hydrogen-bond acceptors (Lipinski definition) is 3. The summed E-state index contributed by atoms with van der Waals surface area (Å²) in [6.45, 7) is 9.37. The van der Waals surface area contributed by atoms with E-state index in [1.807, 2.05) is 45.9 Å². The summed E-state index contributed by atoms with van der Waals surface area (Å²) in [5.74, 6) is 0.915. The second kappa shape index (κ2) is 6.48. The van der Waals surface area contributed by atoms with Crippen LogP contribution in [-0.4, -0.2) is 28.0 Å². The summed E-state index contributed by atoms with van der Waals surface area (Å²) in [6, 6.07) is 7.62. The molecule has 0 aliphatic carbocycles. The molecule has 5 heteroatoms. The summed E-state index contributed by atoms with van der Waals surface area (Å²) in [6.07, 6.45) is 0.851. The van der Waals surface area contributed by atoms with Gasteiger partial charge in [0.05, 0.1) is 17.1 Å². The molecule has 1 aromatic carbocycles. The number of fused-ring (bicyclic) bond motifs is 1. The number of nitrogens with two attached hydrogens (primary N) is 1. The zero-order valence-electron chi connectivity index (χ0n) is 13.9. The zero-order chi connectivity index (χ0) is 16.3. The zero-order valence-corrected chi connectivity index (χ0v) is 13.9. The van der Waals surface area contributed by atoms with Gasteiger partial charge in [0.25, 0.3) is 0 Å². The highest BCUT2D eigenvalue weighted by Crippen LogP contribution is 2.17. The molecule has 1 aromatic heterocycles. The van der Waals surface area contributed by atoms with E-state index >= 15 is 0 Å². The Morgan fingerprint density at radius 2 is 2.05 bits per heavy atom. The number of nitrogens with zero attached hydrogens (tertiary/aromatic N) is 2. The second-order valence-electron chi connectivity index (χ2n) is 6.79. The first-order chi connectivity index (χ1) is 10.3. The van der Waals surface area contributed by atoms with Gasteiger partial charge in [0.1, 0.15) is 5.82 Å². The normalized spacial score (nSPS) is 13.3. The smallest absolute Gasteiger partial charge is 0.237 e. The van der Waals surface area contributed by atoms with E-state index in [9.17, 15) is 4.79 Å². The number of amides is 1. The van der Waals surface area contributed by atoms with Gasteiger partial charge in [-0.2, -0.15) is 0 Å². The average molecular weight is 302 g/mol. The summed E-state index contributed by atoms with van der Waals surface area (Å²) in [5.41, 5.74) is 7.87. The topological polar surface area (TPSA) is 72.9 Å². The Morgan fingerprint density at radius 3 is 2.73 bits per heavy atom. The van der Waals surface area contributed by atoms with Crippen LogP contribution in [0.1, 0.15) is 33.0 Å². The molecule has 0 bridgehead atoms. The highest BCUT2D eigenvalue weighted by Gasteiger charge is 2.26. The minimum Gasteiger partial charge on any atom is -0.355 e. The van der Waals surface area contributed by atoms with E-state index in [1.54, 1.807) is 0 Å². The fourth-order valence-electron chi connectivity index (χ4n) is 2.43. The number of carbonyl (C=O) groups excluding carboxylic acids is 1. The Bertz CT molecular complexity index is 654. The molecule has 2 rings (SSSR count). The average Bonchev–Trinajstić information content (AvgIpc) is 2.77. The molecule has 0 aliphatic rings. The van der Waals surface area contributed by atoms with Crippen molar-refractivity contribution < 1.29 is 4.79 Å². The van der Waals surface area contributed by atoms with E-state index in [2.05, 4.69) is 20.9 Å². The number of aryl methyl sites for hydroxylation is 2. The van der Waals surface area contributed by atoms with E-state index in [0.717, 1.165) is 29.8 Å². The number of rotatable bonds is 5. The Labute approximate surface area is 131 Å². The maximum Gasteiger partial charge on any atom is 0.237 e. The van der Waals surface area contributed by atoms with Crippen LogP contribution in [0.25, 0.3) is 11.0 Å². The van der Waals surface area contributed by atoms with Gasteiger partial charge in [-0.1, -0.05) is 32.9 Å². The Hall–Kier alpha value is -1.88. The molecule has 5 nitrogen and oxygen atoms in total. The van der Waals surface area contributed by atoms with Gasteiger partial charge in [-0.05, 0) is 30.9 Å². The van der Waals surface area contributed by atoms with Crippen LogP contribution < -0.4 is 11.1 Å². The van der Waals surface area contributed by atoms with Crippen molar-refractivity contribution in [3.8, 4) is 0 Å². The molecule has 0 aliphatic heterocycles. The van der Waals surface area contributed by atoms with Crippen molar-refractivity contribution in [3.63, 3.8) is 0 Å². The van der Waals surface area contributed by atoms with E-state index in [-0.39, 0.29) is 11.3 Å². The molecule has 0 fully saturated rings. The van der Waals surface area contributed by atoms with E-state index in [4.69, 9.17) is 5.73 Å². The summed E-state index contributed by atoms with van der Waals surface area (Å²) >= 11 is 0. The first-order valence-corrected chi connectivity index (χ1v) is 7.76. The lowest BCUT2D eigenvalue weighted by atomic mass is 9.87. The molecule has 0 unspecified atom stereocenters. The number of para-hydroxylation sites is 2. The number of aromatic nitrogens is 2. The Morgan fingerprint density at radius 1 is 1.36 bits per heavy atom. The van der Waals surface area contributed by atoms with Crippen molar-refractivity contribution in [2.45, 2.75) is 46.7 Å². The predicted octanol–water partition coefficient (Wildman–Crippen LogP) is 2.22. The lowest BCUT2D eigenvalue weighted by Gasteiger charge is -2.25. The predicted molar refractivity (Wildman–Crippen MR) is 89.5 cm³/mol. The molecule has 0 saturated carbocycles. The molecular formula is C17H26N4O. The van der Waals surface area contributed by atoms with Gasteiger partial charge in [0.15, 0.2) is 0 Å². The Kier molecular flexibility index (Phi) is 4.86. The minimum absolute atomic E-state index is 0.0836. The van der Waals surface area contributed by atoms with Crippen LogP contribution in [0, 0.1) is 12.3 Å². The molecule has 3 N–H and O–H groups in total. The number of imidazole rings is 1. The maximum absolute atomic E-state index is 12.0. The number of nitrogens with one attached hydrogen (secondary N) is 1. The van der Waals surface area contributed by atoms with Crippen LogP contribution in [0.5, 0.6) is 0 Å². The van der Waals surface area contributed by atoms with Crippen LogP contribution in [0.15, 0.2) is 24.3 Å². The van der Waals surface area contributed by atoms with E-state index in [0.29, 0.717) is 6.54 Å². The molecule has 120 valence electrons. The molecule has 0 saturated heterocycles. The lowest BCUT2D eigenvalue weighted by molar-refractivity contribution is -0.124. The maximum atomic E-state index is 12.0. The summed E-state index contributed by atoms with van der Waals surface area (Å²) in [7, 11) is 0. The molecular weight excluding hydrogens is 276 g/mol. The second-order valence-corrected chi connectivity index (χ2v) is 6.79. The highest BCUT2D eigenvalue weighted by molar-refractivity contribution is 5.82. The molecule has 0 spiro atoms. The van der Waals surface area contributed by atoms with Crippen LogP contribution in [0.4, 0.5) is 0 Å². The van der Waals surface area contributed by atoms with Gasteiger partial charge >= 0.3 is 0 Å².